The number of aliphatic hydroxyl groups excluding tert-OH is 1. The molecule has 3 rings (SSSR count). The van der Waals surface area contributed by atoms with Gasteiger partial charge in [0.1, 0.15) is 29.7 Å². The molecule has 0 amide bonds. The molecule has 8 heteroatoms. The van der Waals surface area contributed by atoms with E-state index < -0.39 is 11.9 Å². The second-order valence-corrected chi connectivity index (χ2v) is 5.06. The predicted octanol–water partition coefficient (Wildman–Crippen LogP) is -0.393. The Morgan fingerprint density at radius 2 is 2.33 bits per heavy atom. The highest BCUT2D eigenvalue weighted by molar-refractivity contribution is 5.54. The van der Waals surface area contributed by atoms with Gasteiger partial charge in [-0.1, -0.05) is 0 Å². The molecule has 0 saturated heterocycles. The summed E-state index contributed by atoms with van der Waals surface area (Å²) in [6, 6.07) is 4.96. The van der Waals surface area contributed by atoms with Gasteiger partial charge in [-0.15, -0.1) is 0 Å². The number of nitrogens with one attached hydrogen (secondary N) is 2. The van der Waals surface area contributed by atoms with Crippen molar-refractivity contribution in [3.8, 4) is 0 Å². The van der Waals surface area contributed by atoms with Gasteiger partial charge in [0.2, 0.25) is 0 Å². The van der Waals surface area contributed by atoms with Crippen LogP contribution in [-0.2, 0) is 5.66 Å². The van der Waals surface area contributed by atoms with Gasteiger partial charge in [-0.3, -0.25) is 14.7 Å². The summed E-state index contributed by atoms with van der Waals surface area (Å²) in [7, 11) is 0. The Labute approximate surface area is 120 Å². The van der Waals surface area contributed by atoms with E-state index in [1.54, 1.807) is 31.3 Å². The van der Waals surface area contributed by atoms with Gasteiger partial charge >= 0.3 is 0 Å². The van der Waals surface area contributed by atoms with E-state index in [1.165, 1.54) is 10.9 Å². The number of anilines is 2. The highest BCUT2D eigenvalue weighted by Gasteiger charge is 2.38. The second-order valence-electron chi connectivity index (χ2n) is 5.06. The Bertz CT molecular complexity index is 716. The van der Waals surface area contributed by atoms with E-state index in [1.807, 2.05) is 0 Å². The van der Waals surface area contributed by atoms with Gasteiger partial charge in [0, 0.05) is 12.7 Å². The molecule has 0 radical (unpaired) electrons. The molecular weight excluding hydrogens is 272 g/mol. The zero-order valence-electron chi connectivity index (χ0n) is 11.4. The predicted molar refractivity (Wildman–Crippen MR) is 76.8 cm³/mol. The van der Waals surface area contributed by atoms with E-state index >= 15 is 0 Å². The number of hydrogen-bond donors (Lipinski definition) is 4. The molecule has 0 fully saturated rings. The van der Waals surface area contributed by atoms with Gasteiger partial charge in [-0.2, -0.15) is 0 Å². The average molecular weight is 288 g/mol. The molecule has 2 unspecified atom stereocenters. The Morgan fingerprint density at radius 3 is 3.00 bits per heavy atom. The number of pyridine rings is 1. The molecule has 0 aliphatic carbocycles. The second kappa shape index (κ2) is 4.92. The molecule has 0 saturated carbocycles. The van der Waals surface area contributed by atoms with Gasteiger partial charge in [0.05, 0.1) is 5.69 Å². The zero-order chi connectivity index (χ0) is 15.0. The van der Waals surface area contributed by atoms with Crippen LogP contribution in [0.25, 0.3) is 0 Å². The van der Waals surface area contributed by atoms with Gasteiger partial charge in [0.15, 0.2) is 0 Å². The van der Waals surface area contributed by atoms with Crippen molar-refractivity contribution in [1.29, 1.82) is 0 Å². The lowest BCUT2D eigenvalue weighted by Crippen LogP contribution is -2.50. The van der Waals surface area contributed by atoms with Crippen molar-refractivity contribution in [2.45, 2.75) is 18.8 Å². The molecule has 2 aromatic heterocycles. The molecular formula is C13H16N6O2. The molecule has 3 heterocycles. The Morgan fingerprint density at radius 1 is 1.52 bits per heavy atom. The maximum Gasteiger partial charge on any atom is 0.276 e. The zero-order valence-corrected chi connectivity index (χ0v) is 11.4. The monoisotopic (exact) mass is 288 g/mol. The highest BCUT2D eigenvalue weighted by atomic mass is 16.3. The molecule has 0 spiro atoms. The Hall–Kier alpha value is -2.29. The SMILES string of the molecule is CC1(CN)NC(O)c2ccc(Nc3ccncn3)c(=O)n21. The third-order valence-corrected chi connectivity index (χ3v) is 3.58. The van der Waals surface area contributed by atoms with Crippen molar-refractivity contribution in [2.24, 2.45) is 5.73 Å². The molecule has 0 bridgehead atoms. The molecule has 1 aliphatic heterocycles. The summed E-state index contributed by atoms with van der Waals surface area (Å²) in [6.07, 6.45) is 2.05. The third kappa shape index (κ3) is 2.19. The van der Waals surface area contributed by atoms with Crippen LogP contribution in [0.1, 0.15) is 18.8 Å². The minimum absolute atomic E-state index is 0.175. The van der Waals surface area contributed by atoms with Gasteiger partial charge in [-0.05, 0) is 25.1 Å². The number of hydrogen-bond acceptors (Lipinski definition) is 7. The van der Waals surface area contributed by atoms with Gasteiger partial charge in [-0.25, -0.2) is 9.97 Å². The number of aliphatic hydroxyl groups is 1. The van der Waals surface area contributed by atoms with Crippen LogP contribution in [0.2, 0.25) is 0 Å². The van der Waals surface area contributed by atoms with Crippen molar-refractivity contribution < 1.29 is 5.11 Å². The van der Waals surface area contributed by atoms with Crippen molar-refractivity contribution >= 4 is 11.5 Å². The summed E-state index contributed by atoms with van der Waals surface area (Å²) < 4.78 is 1.47. The quantitative estimate of drug-likeness (QED) is 0.607. The van der Waals surface area contributed by atoms with Crippen LogP contribution in [-0.4, -0.2) is 26.2 Å². The van der Waals surface area contributed by atoms with Crippen LogP contribution in [0.4, 0.5) is 11.5 Å². The van der Waals surface area contributed by atoms with E-state index in [0.717, 1.165) is 0 Å². The largest absolute Gasteiger partial charge is 0.373 e. The number of nitrogens with two attached hydrogens (primary N) is 1. The summed E-state index contributed by atoms with van der Waals surface area (Å²) in [5, 5.41) is 15.8. The topological polar surface area (TPSA) is 118 Å². The van der Waals surface area contributed by atoms with Crippen molar-refractivity contribution in [1.82, 2.24) is 19.9 Å². The third-order valence-electron chi connectivity index (χ3n) is 3.58. The minimum atomic E-state index is -0.917. The van der Waals surface area contributed by atoms with E-state index in [2.05, 4.69) is 20.6 Å². The Kier molecular flexibility index (Phi) is 3.20. The highest BCUT2D eigenvalue weighted by Crippen LogP contribution is 2.27. The molecule has 1 aliphatic rings. The smallest absolute Gasteiger partial charge is 0.276 e. The van der Waals surface area contributed by atoms with E-state index in [-0.39, 0.29) is 12.1 Å². The molecule has 110 valence electrons. The van der Waals surface area contributed by atoms with E-state index in [4.69, 9.17) is 5.73 Å². The number of fused-ring (bicyclic) bond motifs is 1. The molecule has 21 heavy (non-hydrogen) atoms. The standard InChI is InChI=1S/C13H16N6O2/c1-13(6-14)18-11(20)9-3-2-8(12(21)19(9)13)17-10-4-5-15-7-16-10/h2-5,7,11,18,20H,6,14H2,1H3,(H,15,16,17). The van der Waals surface area contributed by atoms with Crippen molar-refractivity contribution in [3.63, 3.8) is 0 Å². The fourth-order valence-corrected chi connectivity index (χ4v) is 2.46. The van der Waals surface area contributed by atoms with Gasteiger partial charge < -0.3 is 16.2 Å². The molecule has 2 atom stereocenters. The summed E-state index contributed by atoms with van der Waals surface area (Å²) in [5.74, 6) is 0.517. The van der Waals surface area contributed by atoms with Crippen LogP contribution >= 0.6 is 0 Å². The van der Waals surface area contributed by atoms with Crippen LogP contribution in [0, 0.1) is 0 Å². The molecule has 8 nitrogen and oxygen atoms in total. The number of rotatable bonds is 3. The average Bonchev–Trinajstić information content (AvgIpc) is 2.75. The molecule has 2 aromatic rings. The normalized spacial score (nSPS) is 23.9. The fraction of sp³-hybridized carbons (Fsp3) is 0.308. The maximum absolute atomic E-state index is 12.6. The lowest BCUT2D eigenvalue weighted by Gasteiger charge is -2.26. The molecule has 5 N–H and O–H groups in total. The first kappa shape index (κ1) is 13.7. The number of nitrogens with zero attached hydrogens (tertiary/aromatic N) is 3. The Balaban J connectivity index is 2.07. The summed E-state index contributed by atoms with van der Waals surface area (Å²) in [4.78, 5) is 20.5. The first-order valence-corrected chi connectivity index (χ1v) is 6.50. The minimum Gasteiger partial charge on any atom is -0.373 e. The summed E-state index contributed by atoms with van der Waals surface area (Å²) in [6.45, 7) is 1.94. The fourth-order valence-electron chi connectivity index (χ4n) is 2.46. The van der Waals surface area contributed by atoms with Gasteiger partial charge in [0.25, 0.3) is 5.56 Å². The summed E-state index contributed by atoms with van der Waals surface area (Å²) in [5.41, 5.74) is 5.49. The van der Waals surface area contributed by atoms with E-state index in [0.29, 0.717) is 17.2 Å². The first-order valence-electron chi connectivity index (χ1n) is 6.50. The van der Waals surface area contributed by atoms with E-state index in [9.17, 15) is 9.90 Å². The first-order chi connectivity index (χ1) is 10.0. The van der Waals surface area contributed by atoms with Crippen molar-refractivity contribution in [2.75, 3.05) is 11.9 Å². The number of aromatic nitrogens is 3. The van der Waals surface area contributed by atoms with Crippen LogP contribution < -0.4 is 21.9 Å². The lowest BCUT2D eigenvalue weighted by atomic mass is 10.2. The molecule has 0 aromatic carbocycles. The van der Waals surface area contributed by atoms with Crippen molar-refractivity contribution in [3.05, 3.63) is 46.8 Å². The van der Waals surface area contributed by atoms with Crippen LogP contribution in [0.3, 0.4) is 0 Å². The lowest BCUT2D eigenvalue weighted by molar-refractivity contribution is 0.114. The maximum atomic E-state index is 12.6. The summed E-state index contributed by atoms with van der Waals surface area (Å²) >= 11 is 0. The van der Waals surface area contributed by atoms with Crippen LogP contribution in [0.5, 0.6) is 0 Å². The van der Waals surface area contributed by atoms with Crippen LogP contribution in [0.15, 0.2) is 35.5 Å².